The van der Waals surface area contributed by atoms with Crippen molar-refractivity contribution in [3.8, 4) is 0 Å². The van der Waals surface area contributed by atoms with Crippen LogP contribution in [0.15, 0.2) is 21.9 Å². The Morgan fingerprint density at radius 1 is 1.24 bits per heavy atom. The van der Waals surface area contributed by atoms with E-state index in [2.05, 4.69) is 4.98 Å². The number of morpholine rings is 1. The first-order chi connectivity index (χ1) is 11.8. The summed E-state index contributed by atoms with van der Waals surface area (Å²) >= 11 is 0. The molecule has 9 nitrogen and oxygen atoms in total. The van der Waals surface area contributed by atoms with E-state index in [0.717, 1.165) is 16.1 Å². The molecule has 2 aromatic heterocycles. The summed E-state index contributed by atoms with van der Waals surface area (Å²) in [6.07, 6.45) is 1.55. The molecule has 1 aliphatic heterocycles. The topological polar surface area (TPSA) is 91.4 Å². The molecule has 0 aromatic carbocycles. The molecule has 0 spiro atoms. The molecular formula is C16H21N5O4. The zero-order chi connectivity index (χ0) is 18.3. The Balaban J connectivity index is 1.90. The Labute approximate surface area is 144 Å². The van der Waals surface area contributed by atoms with Gasteiger partial charge in [-0.3, -0.25) is 18.7 Å². The largest absolute Gasteiger partial charge is 0.367 e. The number of aryl methyl sites for hydroxylation is 2. The van der Waals surface area contributed by atoms with E-state index in [9.17, 15) is 14.4 Å². The zero-order valence-corrected chi connectivity index (χ0v) is 14.7. The average molecular weight is 347 g/mol. The maximum Gasteiger partial charge on any atom is 0.331 e. The van der Waals surface area contributed by atoms with Gasteiger partial charge in [0.2, 0.25) is 0 Å². The van der Waals surface area contributed by atoms with Crippen molar-refractivity contribution in [3.05, 3.63) is 50.3 Å². The summed E-state index contributed by atoms with van der Waals surface area (Å²) in [5, 5.41) is 0. The third-order valence-corrected chi connectivity index (χ3v) is 4.42. The van der Waals surface area contributed by atoms with Crippen LogP contribution in [0, 0.1) is 6.92 Å². The van der Waals surface area contributed by atoms with E-state index in [1.807, 2.05) is 24.7 Å². The van der Waals surface area contributed by atoms with Crippen LogP contribution < -0.4 is 11.2 Å². The predicted octanol–water partition coefficient (Wildman–Crippen LogP) is -0.660. The minimum Gasteiger partial charge on any atom is -0.367 e. The van der Waals surface area contributed by atoms with Gasteiger partial charge < -0.3 is 14.2 Å². The highest BCUT2D eigenvalue weighted by molar-refractivity contribution is 5.92. The highest BCUT2D eigenvalue weighted by atomic mass is 16.5. The van der Waals surface area contributed by atoms with Crippen molar-refractivity contribution >= 4 is 5.91 Å². The first-order valence-electron chi connectivity index (χ1n) is 7.97. The van der Waals surface area contributed by atoms with E-state index in [1.165, 1.54) is 24.7 Å². The standard InChI is InChI=1S/C16H21N5O4/c1-10-8-18(2)14(17-10)12-9-21(5-6-25-12)15(23)11-7-13(22)20(4)16(24)19(11)3/h7-8,12H,5-6,9H2,1-4H3/t12-/m1/s1. The van der Waals surface area contributed by atoms with Crippen molar-refractivity contribution in [1.82, 2.24) is 23.6 Å². The van der Waals surface area contributed by atoms with E-state index in [-0.39, 0.29) is 17.7 Å². The van der Waals surface area contributed by atoms with Crippen LogP contribution in [0.25, 0.3) is 0 Å². The number of hydrogen-bond donors (Lipinski definition) is 0. The number of carbonyl (C=O) groups is 1. The predicted molar refractivity (Wildman–Crippen MR) is 89.5 cm³/mol. The number of imidazole rings is 1. The van der Waals surface area contributed by atoms with Crippen molar-refractivity contribution in [2.45, 2.75) is 13.0 Å². The highest BCUT2D eigenvalue weighted by Gasteiger charge is 2.30. The Hall–Kier alpha value is -2.68. The van der Waals surface area contributed by atoms with Gasteiger partial charge in [0.05, 0.1) is 18.8 Å². The quantitative estimate of drug-likeness (QED) is 0.719. The van der Waals surface area contributed by atoms with Crippen molar-refractivity contribution in [1.29, 1.82) is 0 Å². The molecule has 1 atom stereocenters. The maximum atomic E-state index is 12.8. The fraction of sp³-hybridized carbons (Fsp3) is 0.500. The van der Waals surface area contributed by atoms with E-state index in [1.54, 1.807) is 4.90 Å². The Kier molecular flexibility index (Phi) is 4.34. The lowest BCUT2D eigenvalue weighted by molar-refractivity contribution is -0.0283. The Bertz CT molecular complexity index is 939. The second-order valence-corrected chi connectivity index (χ2v) is 6.23. The highest BCUT2D eigenvalue weighted by Crippen LogP contribution is 2.22. The lowest BCUT2D eigenvalue weighted by atomic mass is 10.2. The first kappa shape index (κ1) is 17.2. The third-order valence-electron chi connectivity index (χ3n) is 4.42. The number of carbonyl (C=O) groups excluding carboxylic acids is 1. The van der Waals surface area contributed by atoms with Crippen LogP contribution in [-0.4, -0.2) is 49.2 Å². The SMILES string of the molecule is Cc1cn(C)c([C@H]2CN(C(=O)c3cc(=O)n(C)c(=O)n3C)CCO2)n1. The smallest absolute Gasteiger partial charge is 0.331 e. The number of aromatic nitrogens is 4. The molecule has 0 N–H and O–H groups in total. The molecule has 0 bridgehead atoms. The van der Waals surface area contributed by atoms with Crippen LogP contribution >= 0.6 is 0 Å². The molecule has 3 heterocycles. The molecule has 0 saturated carbocycles. The second kappa shape index (κ2) is 6.32. The molecule has 9 heteroatoms. The van der Waals surface area contributed by atoms with Gasteiger partial charge in [-0.2, -0.15) is 0 Å². The molecule has 134 valence electrons. The molecule has 1 fully saturated rings. The monoisotopic (exact) mass is 347 g/mol. The van der Waals surface area contributed by atoms with Crippen molar-refractivity contribution in [3.63, 3.8) is 0 Å². The molecule has 3 rings (SSSR count). The van der Waals surface area contributed by atoms with Gasteiger partial charge in [-0.05, 0) is 6.92 Å². The zero-order valence-electron chi connectivity index (χ0n) is 14.7. The van der Waals surface area contributed by atoms with E-state index in [0.29, 0.717) is 19.7 Å². The summed E-state index contributed by atoms with van der Waals surface area (Å²) in [5.74, 6) is 0.379. The molecule has 0 unspecified atom stereocenters. The summed E-state index contributed by atoms with van der Waals surface area (Å²) < 4.78 is 9.80. The molecular weight excluding hydrogens is 326 g/mol. The molecule has 2 aromatic rings. The van der Waals surface area contributed by atoms with Crippen LogP contribution in [0.3, 0.4) is 0 Å². The van der Waals surface area contributed by atoms with Crippen LogP contribution in [0.4, 0.5) is 0 Å². The normalized spacial score (nSPS) is 17.8. The van der Waals surface area contributed by atoms with Crippen molar-refractivity contribution in [2.24, 2.45) is 21.1 Å². The van der Waals surface area contributed by atoms with Gasteiger partial charge in [0.15, 0.2) is 0 Å². The van der Waals surface area contributed by atoms with Crippen LogP contribution in [0.5, 0.6) is 0 Å². The van der Waals surface area contributed by atoms with Crippen molar-refractivity contribution < 1.29 is 9.53 Å². The fourth-order valence-corrected chi connectivity index (χ4v) is 3.02. The lowest BCUT2D eigenvalue weighted by Gasteiger charge is -2.32. The Morgan fingerprint density at radius 2 is 1.96 bits per heavy atom. The van der Waals surface area contributed by atoms with Crippen LogP contribution in [-0.2, 0) is 25.9 Å². The molecule has 0 radical (unpaired) electrons. The minimum atomic E-state index is -0.527. The van der Waals surface area contributed by atoms with Gasteiger partial charge in [-0.15, -0.1) is 0 Å². The molecule has 1 saturated heterocycles. The molecule has 0 aliphatic carbocycles. The summed E-state index contributed by atoms with van der Waals surface area (Å²) in [4.78, 5) is 42.8. The van der Waals surface area contributed by atoms with Gasteiger partial charge >= 0.3 is 5.69 Å². The third kappa shape index (κ3) is 3.02. The van der Waals surface area contributed by atoms with E-state index < -0.39 is 11.2 Å². The molecule has 1 amide bonds. The van der Waals surface area contributed by atoms with Gasteiger partial charge in [-0.25, -0.2) is 9.78 Å². The van der Waals surface area contributed by atoms with E-state index in [4.69, 9.17) is 4.74 Å². The Morgan fingerprint density at radius 3 is 2.60 bits per heavy atom. The van der Waals surface area contributed by atoms with Gasteiger partial charge in [-0.1, -0.05) is 0 Å². The van der Waals surface area contributed by atoms with Gasteiger partial charge in [0.1, 0.15) is 17.6 Å². The number of rotatable bonds is 2. The number of hydrogen-bond acceptors (Lipinski definition) is 5. The number of ether oxygens (including phenoxy) is 1. The van der Waals surface area contributed by atoms with E-state index >= 15 is 0 Å². The van der Waals surface area contributed by atoms with Crippen LogP contribution in [0.1, 0.15) is 28.1 Å². The number of amides is 1. The summed E-state index contributed by atoms with van der Waals surface area (Å²) in [5.41, 5.74) is -0.0837. The average Bonchev–Trinajstić information content (AvgIpc) is 2.94. The fourth-order valence-electron chi connectivity index (χ4n) is 3.02. The van der Waals surface area contributed by atoms with Crippen molar-refractivity contribution in [2.75, 3.05) is 19.7 Å². The second-order valence-electron chi connectivity index (χ2n) is 6.23. The maximum absolute atomic E-state index is 12.8. The first-order valence-corrected chi connectivity index (χ1v) is 7.97. The number of nitrogens with zero attached hydrogens (tertiary/aromatic N) is 5. The molecule has 25 heavy (non-hydrogen) atoms. The summed E-state index contributed by atoms with van der Waals surface area (Å²) in [7, 11) is 4.74. The van der Waals surface area contributed by atoms with Gasteiger partial charge in [0.25, 0.3) is 11.5 Å². The minimum absolute atomic E-state index is 0.0739. The molecule has 1 aliphatic rings. The summed E-state index contributed by atoms with van der Waals surface area (Å²) in [6, 6.07) is 1.19. The van der Waals surface area contributed by atoms with Crippen LogP contribution in [0.2, 0.25) is 0 Å². The van der Waals surface area contributed by atoms with Gasteiger partial charge in [0, 0.05) is 40.0 Å². The lowest BCUT2D eigenvalue weighted by Crippen LogP contribution is -2.46. The summed E-state index contributed by atoms with van der Waals surface area (Å²) in [6.45, 7) is 2.96.